The van der Waals surface area contributed by atoms with Crippen LogP contribution in [0.15, 0.2) is 41.4 Å². The monoisotopic (exact) mass is 464 g/mol. The average molecular weight is 464 g/mol. The fourth-order valence-electron chi connectivity index (χ4n) is 3.44. The van der Waals surface area contributed by atoms with Crippen LogP contribution in [0.1, 0.15) is 28.3 Å². The zero-order valence-corrected chi connectivity index (χ0v) is 17.2. The molecule has 6 N–H and O–H groups in total. The number of hydrogen-bond acceptors (Lipinski definition) is 9. The summed E-state index contributed by atoms with van der Waals surface area (Å²) in [7, 11) is 0. The number of rotatable bonds is 4. The second-order valence-electron chi connectivity index (χ2n) is 7.12. The predicted molar refractivity (Wildman–Crippen MR) is 117 cm³/mol. The van der Waals surface area contributed by atoms with Gasteiger partial charge < -0.3 is 21.5 Å². The highest BCUT2D eigenvalue weighted by Crippen LogP contribution is 2.41. The summed E-state index contributed by atoms with van der Waals surface area (Å²) in [5, 5.41) is 23.4. The van der Waals surface area contributed by atoms with E-state index in [0.717, 1.165) is 24.3 Å². The largest absolute Gasteiger partial charge is 0.486 e. The Morgan fingerprint density at radius 1 is 1.09 bits per heavy atom. The minimum absolute atomic E-state index is 0.00423. The molecule has 1 unspecified atom stereocenters. The quantitative estimate of drug-likeness (QED) is 0.339. The zero-order chi connectivity index (χ0) is 24.4. The van der Waals surface area contributed by atoms with E-state index in [1.54, 1.807) is 6.19 Å². The van der Waals surface area contributed by atoms with Crippen LogP contribution >= 0.6 is 0 Å². The Labute approximate surface area is 191 Å². The van der Waals surface area contributed by atoms with Gasteiger partial charge in [-0.05, 0) is 35.9 Å². The molecule has 2 aromatic carbocycles. The van der Waals surface area contributed by atoms with E-state index in [0.29, 0.717) is 5.56 Å². The van der Waals surface area contributed by atoms with Crippen LogP contribution in [0.3, 0.4) is 0 Å². The molecule has 3 aromatic rings. The number of hydrogen-bond donors (Lipinski definition) is 4. The molecule has 0 aliphatic carbocycles. The molecule has 0 spiro atoms. The van der Waals surface area contributed by atoms with Crippen molar-refractivity contribution < 1.29 is 17.9 Å². The highest BCUT2D eigenvalue weighted by atomic mass is 19.1. The van der Waals surface area contributed by atoms with Crippen molar-refractivity contribution in [2.75, 3.05) is 16.8 Å². The third-order valence-corrected chi connectivity index (χ3v) is 5.02. The molecule has 34 heavy (non-hydrogen) atoms. The molecule has 1 aromatic heterocycles. The molecule has 0 saturated heterocycles. The van der Waals surface area contributed by atoms with Crippen molar-refractivity contribution in [3.05, 3.63) is 76.1 Å². The fourth-order valence-corrected chi connectivity index (χ4v) is 3.44. The van der Waals surface area contributed by atoms with Gasteiger partial charge >= 0.3 is 0 Å². The van der Waals surface area contributed by atoms with E-state index < -0.39 is 30.1 Å². The lowest BCUT2D eigenvalue weighted by Crippen LogP contribution is -2.32. The van der Waals surface area contributed by atoms with Crippen molar-refractivity contribution in [2.24, 2.45) is 4.99 Å². The van der Waals surface area contributed by atoms with E-state index in [1.165, 1.54) is 12.1 Å². The first-order valence-electron chi connectivity index (χ1n) is 9.67. The van der Waals surface area contributed by atoms with Crippen LogP contribution in [-0.2, 0) is 6.61 Å². The van der Waals surface area contributed by atoms with Gasteiger partial charge in [-0.1, -0.05) is 6.07 Å². The lowest BCUT2D eigenvalue weighted by Gasteiger charge is -2.26. The van der Waals surface area contributed by atoms with Gasteiger partial charge in [0.15, 0.2) is 17.8 Å². The fraction of sp³-hybridized carbons (Fsp3) is 0.0909. The van der Waals surface area contributed by atoms with Crippen LogP contribution in [-0.4, -0.2) is 10.9 Å². The maximum atomic E-state index is 14.9. The normalized spacial score (nSPS) is 14.1. The lowest BCUT2D eigenvalue weighted by molar-refractivity contribution is 0.284. The number of nitrogens with one attached hydrogen (secondary N) is 2. The number of nitrogens with two attached hydrogens (primary N) is 2. The number of pyridine rings is 1. The molecule has 0 amide bonds. The van der Waals surface area contributed by atoms with Crippen LogP contribution in [0.5, 0.6) is 5.75 Å². The van der Waals surface area contributed by atoms with Gasteiger partial charge in [-0.25, -0.2) is 23.1 Å². The zero-order valence-electron chi connectivity index (χ0n) is 17.2. The molecule has 1 aliphatic heterocycles. The highest BCUT2D eigenvalue weighted by Gasteiger charge is 2.30. The van der Waals surface area contributed by atoms with Crippen LogP contribution in [0.2, 0.25) is 0 Å². The summed E-state index contributed by atoms with van der Waals surface area (Å²) < 4.78 is 47.4. The number of benzene rings is 2. The molecule has 1 atom stereocenters. The number of nitrogens with zero attached hydrogens (tertiary/aromatic N) is 4. The van der Waals surface area contributed by atoms with Crippen molar-refractivity contribution in [3.63, 3.8) is 0 Å². The van der Waals surface area contributed by atoms with Crippen LogP contribution in [0, 0.1) is 40.2 Å². The van der Waals surface area contributed by atoms with E-state index in [1.807, 2.05) is 6.07 Å². The first-order chi connectivity index (χ1) is 16.3. The van der Waals surface area contributed by atoms with Crippen molar-refractivity contribution >= 4 is 23.3 Å². The summed E-state index contributed by atoms with van der Waals surface area (Å²) in [4.78, 5) is 8.46. The van der Waals surface area contributed by atoms with Gasteiger partial charge in [-0.3, -0.25) is 5.32 Å². The Morgan fingerprint density at radius 3 is 2.59 bits per heavy atom. The molecule has 0 fully saturated rings. The first-order valence-corrected chi connectivity index (χ1v) is 9.67. The van der Waals surface area contributed by atoms with Crippen LogP contribution in [0.4, 0.5) is 30.5 Å². The standard InChI is InChI=1S/C22H15F3N8O/c23-12-2-3-14(24)11(5-12)8-34-16-4-1-10(6-15(16)25)19-17-18(28)13(7-26)20(29)32-21(17)33-22(31-19)30-9-27/h1-6,19H,8H2,(H6,28,29,30,31,32,33). The number of guanidine groups is 1. The van der Waals surface area contributed by atoms with E-state index in [-0.39, 0.29) is 45.7 Å². The lowest BCUT2D eigenvalue weighted by atomic mass is 9.95. The van der Waals surface area contributed by atoms with E-state index in [2.05, 4.69) is 20.6 Å². The number of ether oxygens (including phenoxy) is 1. The van der Waals surface area contributed by atoms with Gasteiger partial charge in [0.1, 0.15) is 47.6 Å². The van der Waals surface area contributed by atoms with Crippen LogP contribution in [0.25, 0.3) is 0 Å². The van der Waals surface area contributed by atoms with Crippen molar-refractivity contribution in [1.82, 2.24) is 10.3 Å². The van der Waals surface area contributed by atoms with Crippen molar-refractivity contribution in [3.8, 4) is 18.0 Å². The Balaban J connectivity index is 1.70. The Hall–Kier alpha value is -4.97. The minimum atomic E-state index is -0.948. The topological polar surface area (TPSA) is 158 Å². The van der Waals surface area contributed by atoms with Gasteiger partial charge in [0.2, 0.25) is 5.96 Å². The summed E-state index contributed by atoms with van der Waals surface area (Å²) >= 11 is 0. The SMILES string of the molecule is N#CNC1=NC(c2ccc(OCc3cc(F)ccc3F)c(F)c2)c2c(nc(N)c(C#N)c2N)N1. The third kappa shape index (κ3) is 4.08. The molecule has 0 saturated carbocycles. The summed E-state index contributed by atoms with van der Waals surface area (Å²) in [6.07, 6.45) is 1.72. The van der Waals surface area contributed by atoms with Crippen molar-refractivity contribution in [1.29, 1.82) is 10.5 Å². The average Bonchev–Trinajstić information content (AvgIpc) is 2.80. The van der Waals surface area contributed by atoms with Gasteiger partial charge in [0.25, 0.3) is 0 Å². The molecule has 170 valence electrons. The number of fused-ring (bicyclic) bond motifs is 1. The maximum absolute atomic E-state index is 14.9. The van der Waals surface area contributed by atoms with Crippen LogP contribution < -0.4 is 26.8 Å². The number of anilines is 3. The van der Waals surface area contributed by atoms with Gasteiger partial charge in [0, 0.05) is 11.1 Å². The first kappa shape index (κ1) is 22.2. The summed E-state index contributed by atoms with van der Waals surface area (Å²) in [6, 6.07) is 7.70. The number of halogens is 3. The molecular weight excluding hydrogens is 449 g/mol. The maximum Gasteiger partial charge on any atom is 0.211 e. The van der Waals surface area contributed by atoms with E-state index >= 15 is 0 Å². The number of nitrogen functional groups attached to an aromatic ring is 2. The smallest absolute Gasteiger partial charge is 0.211 e. The van der Waals surface area contributed by atoms with E-state index in [9.17, 15) is 18.4 Å². The molecule has 0 radical (unpaired) electrons. The number of aliphatic imine (C=N–C) groups is 1. The molecule has 9 nitrogen and oxygen atoms in total. The molecule has 4 rings (SSSR count). The second-order valence-corrected chi connectivity index (χ2v) is 7.12. The Bertz CT molecular complexity index is 1410. The Kier molecular flexibility index (Phi) is 5.80. The van der Waals surface area contributed by atoms with Gasteiger partial charge in [-0.15, -0.1) is 0 Å². The molecule has 12 heteroatoms. The minimum Gasteiger partial charge on any atom is -0.486 e. The second kappa shape index (κ2) is 8.88. The Morgan fingerprint density at radius 2 is 1.88 bits per heavy atom. The molecule has 0 bridgehead atoms. The highest BCUT2D eigenvalue weighted by molar-refractivity contribution is 5.98. The van der Waals surface area contributed by atoms with Gasteiger partial charge in [0.05, 0.1) is 5.69 Å². The summed E-state index contributed by atoms with van der Waals surface area (Å²) in [5.41, 5.74) is 12.4. The molecular formula is C22H15F3N8O. The van der Waals surface area contributed by atoms with E-state index in [4.69, 9.17) is 21.5 Å². The molecule has 1 aliphatic rings. The van der Waals surface area contributed by atoms with Gasteiger partial charge in [-0.2, -0.15) is 10.5 Å². The summed E-state index contributed by atoms with van der Waals surface area (Å²) in [6.45, 7) is -0.397. The predicted octanol–water partition coefficient (Wildman–Crippen LogP) is 3.06. The molecule has 2 heterocycles. The van der Waals surface area contributed by atoms with Crippen molar-refractivity contribution in [2.45, 2.75) is 12.6 Å². The number of aromatic nitrogens is 1. The third-order valence-electron chi connectivity index (χ3n) is 5.02. The summed E-state index contributed by atoms with van der Waals surface area (Å²) in [5.74, 6) is -2.31. The number of nitriles is 2.